The topological polar surface area (TPSA) is 32.3 Å². The first-order chi connectivity index (χ1) is 9.54. The molecule has 3 nitrogen and oxygen atoms in total. The van der Waals surface area contributed by atoms with E-state index in [0.29, 0.717) is 18.4 Å². The minimum absolute atomic E-state index is 0.0939. The van der Waals surface area contributed by atoms with Crippen LogP contribution in [0.3, 0.4) is 0 Å². The van der Waals surface area contributed by atoms with Crippen molar-refractivity contribution >= 4 is 11.6 Å². The summed E-state index contributed by atoms with van der Waals surface area (Å²) in [7, 11) is 0. The summed E-state index contributed by atoms with van der Waals surface area (Å²) in [6.45, 7) is 9.20. The molecule has 110 valence electrons. The predicted molar refractivity (Wildman–Crippen MR) is 84.0 cm³/mol. The third-order valence-electron chi connectivity index (χ3n) is 3.97. The van der Waals surface area contributed by atoms with Gasteiger partial charge in [0, 0.05) is 12.2 Å². The molecule has 1 aromatic carbocycles. The number of carbonyl (C=O) groups is 1. The molecule has 0 spiro atoms. The second-order valence-corrected chi connectivity index (χ2v) is 6.31. The molecule has 1 heterocycles. The van der Waals surface area contributed by atoms with Crippen LogP contribution in [-0.4, -0.2) is 30.4 Å². The smallest absolute Gasteiger partial charge is 0.238 e. The molecule has 1 aliphatic heterocycles. The molecule has 3 heteroatoms. The van der Waals surface area contributed by atoms with Crippen LogP contribution in [0.15, 0.2) is 24.3 Å². The highest BCUT2D eigenvalue weighted by Gasteiger charge is 2.18. The SMILES string of the molecule is CC(C)c1ccc(NC(=O)CN2CCC[C@H](C)C2)cc1. The van der Waals surface area contributed by atoms with Crippen LogP contribution >= 0.6 is 0 Å². The quantitative estimate of drug-likeness (QED) is 0.911. The van der Waals surface area contributed by atoms with Crippen molar-refractivity contribution in [1.29, 1.82) is 0 Å². The third-order valence-corrected chi connectivity index (χ3v) is 3.97. The molecule has 0 saturated carbocycles. The van der Waals surface area contributed by atoms with Crippen LogP contribution in [0.4, 0.5) is 5.69 Å². The van der Waals surface area contributed by atoms with Gasteiger partial charge in [0.2, 0.25) is 5.91 Å². The zero-order valence-corrected chi connectivity index (χ0v) is 12.9. The molecule has 1 amide bonds. The number of rotatable bonds is 4. The average Bonchev–Trinajstić information content (AvgIpc) is 2.39. The summed E-state index contributed by atoms with van der Waals surface area (Å²) in [5, 5.41) is 2.99. The van der Waals surface area contributed by atoms with Gasteiger partial charge in [-0.05, 0) is 48.9 Å². The van der Waals surface area contributed by atoms with E-state index in [1.54, 1.807) is 0 Å². The zero-order chi connectivity index (χ0) is 14.5. The van der Waals surface area contributed by atoms with Crippen LogP contribution in [0.25, 0.3) is 0 Å². The van der Waals surface area contributed by atoms with Gasteiger partial charge in [-0.1, -0.05) is 32.9 Å². The molecule has 1 saturated heterocycles. The maximum atomic E-state index is 12.1. The van der Waals surface area contributed by atoms with Crippen molar-refractivity contribution in [3.05, 3.63) is 29.8 Å². The van der Waals surface area contributed by atoms with Crippen molar-refractivity contribution in [2.75, 3.05) is 25.0 Å². The largest absolute Gasteiger partial charge is 0.325 e. The van der Waals surface area contributed by atoms with Crippen LogP contribution in [0, 0.1) is 5.92 Å². The molecule has 1 aliphatic rings. The van der Waals surface area contributed by atoms with Gasteiger partial charge in [-0.3, -0.25) is 9.69 Å². The van der Waals surface area contributed by atoms with E-state index in [0.717, 1.165) is 18.8 Å². The number of hydrogen-bond donors (Lipinski definition) is 1. The highest BCUT2D eigenvalue weighted by atomic mass is 16.2. The Kier molecular flexibility index (Phi) is 5.18. The standard InChI is InChI=1S/C17H26N2O/c1-13(2)15-6-8-16(9-7-15)18-17(20)12-19-10-4-5-14(3)11-19/h6-9,13-14H,4-5,10-12H2,1-3H3,(H,18,20)/t14-/m0/s1. The van der Waals surface area contributed by atoms with Crippen LogP contribution in [0.2, 0.25) is 0 Å². The Morgan fingerprint density at radius 2 is 2.05 bits per heavy atom. The van der Waals surface area contributed by atoms with E-state index in [-0.39, 0.29) is 5.91 Å². The molecule has 2 rings (SSSR count). The van der Waals surface area contributed by atoms with Gasteiger partial charge in [-0.25, -0.2) is 0 Å². The van der Waals surface area contributed by atoms with Crippen molar-refractivity contribution in [3.63, 3.8) is 0 Å². The molecular weight excluding hydrogens is 248 g/mol. The molecule has 0 radical (unpaired) electrons. The second kappa shape index (κ2) is 6.89. The van der Waals surface area contributed by atoms with E-state index in [1.807, 2.05) is 12.1 Å². The highest BCUT2D eigenvalue weighted by Crippen LogP contribution is 2.18. The normalized spacial score (nSPS) is 20.1. The van der Waals surface area contributed by atoms with Crippen LogP contribution in [-0.2, 0) is 4.79 Å². The molecule has 0 bridgehead atoms. The Balaban J connectivity index is 1.84. The number of anilines is 1. The van der Waals surface area contributed by atoms with Crippen molar-refractivity contribution in [2.45, 2.75) is 39.5 Å². The number of benzene rings is 1. The maximum Gasteiger partial charge on any atom is 0.238 e. The first kappa shape index (κ1) is 15.0. The molecule has 0 aromatic heterocycles. The predicted octanol–water partition coefficient (Wildman–Crippen LogP) is 3.48. The van der Waals surface area contributed by atoms with E-state index in [9.17, 15) is 4.79 Å². The summed E-state index contributed by atoms with van der Waals surface area (Å²) in [6.07, 6.45) is 2.49. The minimum Gasteiger partial charge on any atom is -0.325 e. The summed E-state index contributed by atoms with van der Waals surface area (Å²) >= 11 is 0. The Morgan fingerprint density at radius 1 is 1.35 bits per heavy atom. The van der Waals surface area contributed by atoms with Crippen molar-refractivity contribution in [2.24, 2.45) is 5.92 Å². The number of carbonyl (C=O) groups excluding carboxylic acids is 1. The average molecular weight is 274 g/mol. The molecule has 0 unspecified atom stereocenters. The van der Waals surface area contributed by atoms with Gasteiger partial charge < -0.3 is 5.32 Å². The number of amides is 1. The Hall–Kier alpha value is -1.35. The summed E-state index contributed by atoms with van der Waals surface area (Å²) < 4.78 is 0. The number of nitrogens with one attached hydrogen (secondary N) is 1. The lowest BCUT2D eigenvalue weighted by atomic mass is 10.0. The first-order valence-corrected chi connectivity index (χ1v) is 7.66. The Bertz CT molecular complexity index is 439. The summed E-state index contributed by atoms with van der Waals surface area (Å²) in [5.41, 5.74) is 2.19. The van der Waals surface area contributed by atoms with Crippen molar-refractivity contribution in [1.82, 2.24) is 4.90 Å². The van der Waals surface area contributed by atoms with E-state index in [2.05, 4.69) is 43.1 Å². The lowest BCUT2D eigenvalue weighted by Crippen LogP contribution is -2.39. The molecule has 0 aliphatic carbocycles. The fourth-order valence-electron chi connectivity index (χ4n) is 2.79. The van der Waals surface area contributed by atoms with E-state index in [4.69, 9.17) is 0 Å². The lowest BCUT2D eigenvalue weighted by Gasteiger charge is -2.30. The maximum absolute atomic E-state index is 12.1. The molecule has 1 atom stereocenters. The van der Waals surface area contributed by atoms with Gasteiger partial charge >= 0.3 is 0 Å². The minimum atomic E-state index is 0.0939. The fraction of sp³-hybridized carbons (Fsp3) is 0.588. The summed E-state index contributed by atoms with van der Waals surface area (Å²) in [6, 6.07) is 8.16. The van der Waals surface area contributed by atoms with Gasteiger partial charge in [-0.2, -0.15) is 0 Å². The molecular formula is C17H26N2O. The van der Waals surface area contributed by atoms with Crippen molar-refractivity contribution < 1.29 is 4.79 Å². The monoisotopic (exact) mass is 274 g/mol. The number of nitrogens with zero attached hydrogens (tertiary/aromatic N) is 1. The van der Waals surface area contributed by atoms with Crippen LogP contribution in [0.1, 0.15) is 45.1 Å². The Labute approximate surface area is 122 Å². The summed E-state index contributed by atoms with van der Waals surface area (Å²) in [4.78, 5) is 14.3. The zero-order valence-electron chi connectivity index (χ0n) is 12.9. The van der Waals surface area contributed by atoms with Gasteiger partial charge in [0.05, 0.1) is 6.54 Å². The molecule has 20 heavy (non-hydrogen) atoms. The highest BCUT2D eigenvalue weighted by molar-refractivity contribution is 5.92. The molecule has 1 N–H and O–H groups in total. The number of likely N-dealkylation sites (tertiary alicyclic amines) is 1. The van der Waals surface area contributed by atoms with Crippen LogP contribution < -0.4 is 5.32 Å². The summed E-state index contributed by atoms with van der Waals surface area (Å²) in [5.74, 6) is 1.33. The van der Waals surface area contributed by atoms with Gasteiger partial charge in [-0.15, -0.1) is 0 Å². The van der Waals surface area contributed by atoms with Crippen LogP contribution in [0.5, 0.6) is 0 Å². The Morgan fingerprint density at radius 3 is 2.65 bits per heavy atom. The lowest BCUT2D eigenvalue weighted by molar-refractivity contribution is -0.117. The van der Waals surface area contributed by atoms with Gasteiger partial charge in [0.1, 0.15) is 0 Å². The second-order valence-electron chi connectivity index (χ2n) is 6.31. The van der Waals surface area contributed by atoms with Gasteiger partial charge in [0.15, 0.2) is 0 Å². The molecule has 1 fully saturated rings. The first-order valence-electron chi connectivity index (χ1n) is 7.66. The number of hydrogen-bond acceptors (Lipinski definition) is 2. The fourth-order valence-corrected chi connectivity index (χ4v) is 2.79. The van der Waals surface area contributed by atoms with E-state index in [1.165, 1.54) is 18.4 Å². The number of piperidine rings is 1. The van der Waals surface area contributed by atoms with Gasteiger partial charge in [0.25, 0.3) is 0 Å². The van der Waals surface area contributed by atoms with Crippen molar-refractivity contribution in [3.8, 4) is 0 Å². The van der Waals surface area contributed by atoms with E-state index >= 15 is 0 Å². The van der Waals surface area contributed by atoms with E-state index < -0.39 is 0 Å². The third kappa shape index (κ3) is 4.34. The molecule has 1 aromatic rings.